The average molecular weight is 238 g/mol. The molecule has 0 saturated carbocycles. The van der Waals surface area contributed by atoms with E-state index in [0.29, 0.717) is 0 Å². The van der Waals surface area contributed by atoms with Gasteiger partial charge in [0.05, 0.1) is 6.20 Å². The van der Waals surface area contributed by atoms with Gasteiger partial charge in [0.1, 0.15) is 6.26 Å². The van der Waals surface area contributed by atoms with Gasteiger partial charge in [-0.1, -0.05) is 47.6 Å². The van der Waals surface area contributed by atoms with Crippen molar-refractivity contribution in [2.45, 2.75) is 13.1 Å². The summed E-state index contributed by atoms with van der Waals surface area (Å²) in [5.74, 6) is 0. The quantitative estimate of drug-likeness (QED) is 0.759. The fraction of sp³-hybridized carbons (Fsp3) is 0.133. The molecule has 0 unspecified atom stereocenters. The van der Waals surface area contributed by atoms with Crippen molar-refractivity contribution < 1.29 is 4.52 Å². The van der Waals surface area contributed by atoms with Crippen LogP contribution in [0.15, 0.2) is 59.4 Å². The van der Waals surface area contributed by atoms with Gasteiger partial charge in [-0.05, 0) is 16.3 Å². The van der Waals surface area contributed by atoms with E-state index in [9.17, 15) is 0 Å². The molecule has 3 nitrogen and oxygen atoms in total. The molecule has 18 heavy (non-hydrogen) atoms. The van der Waals surface area contributed by atoms with Gasteiger partial charge in [0.2, 0.25) is 0 Å². The van der Waals surface area contributed by atoms with E-state index in [4.69, 9.17) is 4.52 Å². The molecule has 0 fully saturated rings. The van der Waals surface area contributed by atoms with E-state index in [-0.39, 0.29) is 0 Å². The van der Waals surface area contributed by atoms with Gasteiger partial charge in [-0.3, -0.25) is 0 Å². The van der Waals surface area contributed by atoms with Gasteiger partial charge in [0.25, 0.3) is 0 Å². The van der Waals surface area contributed by atoms with Gasteiger partial charge in [0, 0.05) is 18.7 Å². The minimum Gasteiger partial charge on any atom is -0.364 e. The predicted octanol–water partition coefficient (Wildman–Crippen LogP) is 3.12. The number of nitrogens with one attached hydrogen (secondary N) is 1. The molecule has 0 bridgehead atoms. The number of fused-ring (bicyclic) bond motifs is 1. The molecule has 0 saturated heterocycles. The Kier molecular flexibility index (Phi) is 3.07. The van der Waals surface area contributed by atoms with Crippen LogP contribution in [0, 0.1) is 0 Å². The van der Waals surface area contributed by atoms with Crippen LogP contribution in [0.1, 0.15) is 11.1 Å². The van der Waals surface area contributed by atoms with Crippen LogP contribution in [0.2, 0.25) is 0 Å². The summed E-state index contributed by atoms with van der Waals surface area (Å²) < 4.78 is 4.80. The maximum Gasteiger partial charge on any atom is 0.128 e. The van der Waals surface area contributed by atoms with Crippen LogP contribution >= 0.6 is 0 Å². The van der Waals surface area contributed by atoms with E-state index in [2.05, 4.69) is 52.9 Å². The smallest absolute Gasteiger partial charge is 0.128 e. The highest BCUT2D eigenvalue weighted by Crippen LogP contribution is 2.18. The van der Waals surface area contributed by atoms with Crippen molar-refractivity contribution in [1.29, 1.82) is 0 Å². The summed E-state index contributed by atoms with van der Waals surface area (Å²) in [6, 6.07) is 14.8. The van der Waals surface area contributed by atoms with Crippen LogP contribution in [0.4, 0.5) is 0 Å². The molecule has 0 spiro atoms. The zero-order chi connectivity index (χ0) is 12.2. The topological polar surface area (TPSA) is 38.1 Å². The minimum atomic E-state index is 0.771. The van der Waals surface area contributed by atoms with E-state index in [0.717, 1.165) is 18.7 Å². The van der Waals surface area contributed by atoms with Gasteiger partial charge in [-0.2, -0.15) is 0 Å². The van der Waals surface area contributed by atoms with Crippen molar-refractivity contribution in [1.82, 2.24) is 10.5 Å². The zero-order valence-electron chi connectivity index (χ0n) is 9.97. The van der Waals surface area contributed by atoms with E-state index < -0.39 is 0 Å². The molecule has 1 N–H and O–H groups in total. The second kappa shape index (κ2) is 5.02. The van der Waals surface area contributed by atoms with Crippen LogP contribution in [-0.4, -0.2) is 5.16 Å². The summed E-state index contributed by atoms with van der Waals surface area (Å²) in [5, 5.41) is 9.66. The second-order valence-corrected chi connectivity index (χ2v) is 4.27. The highest BCUT2D eigenvalue weighted by molar-refractivity contribution is 5.85. The Morgan fingerprint density at radius 2 is 1.89 bits per heavy atom. The Labute approximate surface area is 105 Å². The molecule has 1 heterocycles. The number of aromatic nitrogens is 1. The van der Waals surface area contributed by atoms with E-state index >= 15 is 0 Å². The van der Waals surface area contributed by atoms with E-state index in [1.807, 2.05) is 0 Å². The van der Waals surface area contributed by atoms with Crippen LogP contribution in [0.3, 0.4) is 0 Å². The third-order valence-electron chi connectivity index (χ3n) is 3.01. The predicted molar refractivity (Wildman–Crippen MR) is 71.0 cm³/mol. The number of nitrogens with zero attached hydrogens (tertiary/aromatic N) is 1. The number of rotatable bonds is 4. The number of hydrogen-bond donors (Lipinski definition) is 1. The van der Waals surface area contributed by atoms with Crippen molar-refractivity contribution in [2.75, 3.05) is 0 Å². The molecule has 90 valence electrons. The number of benzene rings is 2. The first-order chi connectivity index (χ1) is 8.93. The first-order valence-corrected chi connectivity index (χ1v) is 5.99. The maximum atomic E-state index is 4.80. The number of hydrogen-bond acceptors (Lipinski definition) is 3. The summed E-state index contributed by atoms with van der Waals surface area (Å²) >= 11 is 0. The normalized spacial score (nSPS) is 10.9. The lowest BCUT2D eigenvalue weighted by molar-refractivity contribution is 0.418. The molecule has 1 aromatic heterocycles. The Bertz CT molecular complexity index is 627. The Hall–Kier alpha value is -2.13. The van der Waals surface area contributed by atoms with Crippen molar-refractivity contribution in [2.24, 2.45) is 0 Å². The van der Waals surface area contributed by atoms with E-state index in [1.54, 1.807) is 12.5 Å². The Balaban J connectivity index is 1.74. The summed E-state index contributed by atoms with van der Waals surface area (Å²) in [6.07, 6.45) is 3.40. The minimum absolute atomic E-state index is 0.771. The van der Waals surface area contributed by atoms with Crippen molar-refractivity contribution in [3.63, 3.8) is 0 Å². The van der Waals surface area contributed by atoms with Crippen LogP contribution in [0.5, 0.6) is 0 Å². The Morgan fingerprint density at radius 1 is 1.00 bits per heavy atom. The van der Waals surface area contributed by atoms with Crippen molar-refractivity contribution in [3.8, 4) is 0 Å². The second-order valence-electron chi connectivity index (χ2n) is 4.27. The highest BCUT2D eigenvalue weighted by Gasteiger charge is 2.00. The highest BCUT2D eigenvalue weighted by atomic mass is 16.5. The average Bonchev–Trinajstić information content (AvgIpc) is 2.92. The van der Waals surface area contributed by atoms with Crippen LogP contribution in [-0.2, 0) is 13.1 Å². The lowest BCUT2D eigenvalue weighted by Gasteiger charge is -2.07. The molecule has 3 rings (SSSR count). The molecule has 0 aliphatic carbocycles. The first kappa shape index (κ1) is 11.0. The lowest BCUT2D eigenvalue weighted by atomic mass is 10.0. The van der Waals surface area contributed by atoms with Gasteiger partial charge in [-0.15, -0.1) is 0 Å². The largest absolute Gasteiger partial charge is 0.364 e. The monoisotopic (exact) mass is 238 g/mol. The van der Waals surface area contributed by atoms with Crippen molar-refractivity contribution >= 4 is 10.8 Å². The van der Waals surface area contributed by atoms with Crippen LogP contribution < -0.4 is 5.32 Å². The summed E-state index contributed by atoms with van der Waals surface area (Å²) in [6.45, 7) is 1.61. The van der Waals surface area contributed by atoms with E-state index in [1.165, 1.54) is 16.3 Å². The van der Waals surface area contributed by atoms with Gasteiger partial charge >= 0.3 is 0 Å². The fourth-order valence-electron chi connectivity index (χ4n) is 2.10. The lowest BCUT2D eigenvalue weighted by Crippen LogP contribution is -2.12. The molecule has 3 aromatic rings. The van der Waals surface area contributed by atoms with Crippen LogP contribution in [0.25, 0.3) is 10.8 Å². The summed E-state index contributed by atoms with van der Waals surface area (Å²) in [4.78, 5) is 0. The molecule has 0 amide bonds. The third kappa shape index (κ3) is 2.26. The molecule has 0 aliphatic heterocycles. The molecule has 0 atom stereocenters. The molecular weight excluding hydrogens is 224 g/mol. The summed E-state index contributed by atoms with van der Waals surface area (Å²) in [5.41, 5.74) is 2.37. The standard InChI is InChI=1S/C15H14N2O/c1-2-7-15-13(4-1)5-3-6-14(15)10-16-8-12-9-17-18-11-12/h1-7,9,11,16H,8,10H2. The molecule has 0 radical (unpaired) electrons. The fourth-order valence-corrected chi connectivity index (χ4v) is 2.10. The zero-order valence-corrected chi connectivity index (χ0v) is 9.97. The van der Waals surface area contributed by atoms with Crippen molar-refractivity contribution in [3.05, 3.63) is 66.1 Å². The SMILES string of the molecule is c1ccc2c(CNCc3cnoc3)cccc2c1. The molecule has 0 aliphatic rings. The van der Waals surface area contributed by atoms with Gasteiger partial charge in [0.15, 0.2) is 0 Å². The Morgan fingerprint density at radius 3 is 2.78 bits per heavy atom. The summed E-state index contributed by atoms with van der Waals surface area (Å²) in [7, 11) is 0. The first-order valence-electron chi connectivity index (χ1n) is 5.99. The third-order valence-corrected chi connectivity index (χ3v) is 3.01. The van der Waals surface area contributed by atoms with Gasteiger partial charge < -0.3 is 9.84 Å². The van der Waals surface area contributed by atoms with Gasteiger partial charge in [-0.25, -0.2) is 0 Å². The molecular formula is C15H14N2O. The molecule has 3 heteroatoms. The maximum absolute atomic E-state index is 4.80. The molecule has 2 aromatic carbocycles.